The Morgan fingerprint density at radius 3 is 2.80 bits per heavy atom. The number of pyridine rings is 1. The topological polar surface area (TPSA) is 60.6 Å². The van der Waals surface area contributed by atoms with E-state index in [0.717, 1.165) is 30.2 Å². The molecule has 6 nitrogen and oxygen atoms in total. The Morgan fingerprint density at radius 1 is 1.20 bits per heavy atom. The molecule has 0 amide bonds. The van der Waals surface area contributed by atoms with Gasteiger partial charge in [0.25, 0.3) is 0 Å². The van der Waals surface area contributed by atoms with Crippen LogP contribution in [0, 0.1) is 0 Å². The van der Waals surface area contributed by atoms with Crippen molar-refractivity contribution in [3.8, 4) is 5.82 Å². The molecule has 0 aliphatic heterocycles. The standard InChI is InChI=1S/C14H16N6/c1-2-19-11-12(9-18-19)8-15-13-4-5-14(16-10-13)20-7-3-6-17-20/h3-7,9-11,15H,2,8H2,1H3. The van der Waals surface area contributed by atoms with Crippen LogP contribution in [-0.2, 0) is 13.1 Å². The van der Waals surface area contributed by atoms with Gasteiger partial charge in [-0.25, -0.2) is 9.67 Å². The van der Waals surface area contributed by atoms with Gasteiger partial charge in [-0.1, -0.05) is 0 Å². The van der Waals surface area contributed by atoms with Crippen LogP contribution in [0.4, 0.5) is 5.69 Å². The van der Waals surface area contributed by atoms with Crippen LogP contribution in [0.5, 0.6) is 0 Å². The monoisotopic (exact) mass is 268 g/mol. The van der Waals surface area contributed by atoms with E-state index in [9.17, 15) is 0 Å². The third kappa shape index (κ3) is 2.69. The van der Waals surface area contributed by atoms with Gasteiger partial charge in [0.1, 0.15) is 0 Å². The van der Waals surface area contributed by atoms with Crippen LogP contribution in [0.25, 0.3) is 5.82 Å². The van der Waals surface area contributed by atoms with E-state index in [1.54, 1.807) is 17.1 Å². The molecule has 102 valence electrons. The number of rotatable bonds is 5. The lowest BCUT2D eigenvalue weighted by Gasteiger charge is -2.05. The zero-order valence-corrected chi connectivity index (χ0v) is 11.3. The first-order valence-corrected chi connectivity index (χ1v) is 6.56. The zero-order valence-electron chi connectivity index (χ0n) is 11.3. The van der Waals surface area contributed by atoms with Crippen LogP contribution in [0.2, 0.25) is 0 Å². The molecule has 0 spiro atoms. The average Bonchev–Trinajstić information content (AvgIpc) is 3.17. The number of nitrogens with one attached hydrogen (secondary N) is 1. The molecule has 0 saturated heterocycles. The molecule has 20 heavy (non-hydrogen) atoms. The van der Waals surface area contributed by atoms with Crippen LogP contribution < -0.4 is 5.32 Å². The SMILES string of the molecule is CCn1cc(CNc2ccc(-n3cccn3)nc2)cn1. The van der Waals surface area contributed by atoms with Gasteiger partial charge in [0.05, 0.1) is 18.1 Å². The van der Waals surface area contributed by atoms with Crippen molar-refractivity contribution < 1.29 is 0 Å². The summed E-state index contributed by atoms with van der Waals surface area (Å²) in [7, 11) is 0. The highest BCUT2D eigenvalue weighted by molar-refractivity contribution is 5.43. The molecule has 3 rings (SSSR count). The van der Waals surface area contributed by atoms with Gasteiger partial charge in [0.2, 0.25) is 0 Å². The molecule has 0 atom stereocenters. The second-order valence-corrected chi connectivity index (χ2v) is 4.41. The summed E-state index contributed by atoms with van der Waals surface area (Å²) in [5, 5.41) is 11.7. The number of hydrogen-bond donors (Lipinski definition) is 1. The number of aryl methyl sites for hydroxylation is 1. The van der Waals surface area contributed by atoms with Crippen molar-refractivity contribution in [1.29, 1.82) is 0 Å². The second-order valence-electron chi connectivity index (χ2n) is 4.41. The van der Waals surface area contributed by atoms with Crippen LogP contribution in [0.15, 0.2) is 49.2 Å². The van der Waals surface area contributed by atoms with E-state index in [4.69, 9.17) is 0 Å². The molecule has 1 N–H and O–H groups in total. The highest BCUT2D eigenvalue weighted by Gasteiger charge is 2.00. The van der Waals surface area contributed by atoms with Gasteiger partial charge in [-0.2, -0.15) is 10.2 Å². The van der Waals surface area contributed by atoms with Gasteiger partial charge in [-0.05, 0) is 25.1 Å². The van der Waals surface area contributed by atoms with Gasteiger partial charge < -0.3 is 5.32 Å². The predicted octanol–water partition coefficient (Wildman–Crippen LogP) is 2.10. The zero-order chi connectivity index (χ0) is 13.8. The first-order valence-electron chi connectivity index (χ1n) is 6.56. The number of nitrogens with zero attached hydrogens (tertiary/aromatic N) is 5. The minimum atomic E-state index is 0.739. The summed E-state index contributed by atoms with van der Waals surface area (Å²) < 4.78 is 3.64. The van der Waals surface area contributed by atoms with E-state index in [-0.39, 0.29) is 0 Å². The maximum Gasteiger partial charge on any atom is 0.153 e. The maximum absolute atomic E-state index is 4.37. The maximum atomic E-state index is 4.37. The fourth-order valence-electron chi connectivity index (χ4n) is 1.91. The molecular formula is C14H16N6. The molecule has 0 aromatic carbocycles. The summed E-state index contributed by atoms with van der Waals surface area (Å²) in [6.07, 6.45) is 9.33. The lowest BCUT2D eigenvalue weighted by Crippen LogP contribution is -2.01. The fourth-order valence-corrected chi connectivity index (χ4v) is 1.91. The van der Waals surface area contributed by atoms with E-state index < -0.39 is 0 Å². The molecule has 3 aromatic heterocycles. The summed E-state index contributed by atoms with van der Waals surface area (Å²) in [4.78, 5) is 4.37. The Morgan fingerprint density at radius 2 is 2.15 bits per heavy atom. The van der Waals surface area contributed by atoms with Crippen LogP contribution in [-0.4, -0.2) is 24.5 Å². The number of anilines is 1. The lowest BCUT2D eigenvalue weighted by atomic mass is 10.3. The molecule has 3 aromatic rings. The Labute approximate surface area is 117 Å². The van der Waals surface area contributed by atoms with Gasteiger partial charge in [-0.15, -0.1) is 0 Å². The van der Waals surface area contributed by atoms with Crippen molar-refractivity contribution >= 4 is 5.69 Å². The Hall–Kier alpha value is -2.63. The van der Waals surface area contributed by atoms with E-state index in [0.29, 0.717) is 0 Å². The van der Waals surface area contributed by atoms with Crippen molar-refractivity contribution in [2.24, 2.45) is 0 Å². The molecule has 0 unspecified atom stereocenters. The van der Waals surface area contributed by atoms with Gasteiger partial charge in [-0.3, -0.25) is 4.68 Å². The molecule has 0 bridgehead atoms. The number of hydrogen-bond acceptors (Lipinski definition) is 4. The minimum absolute atomic E-state index is 0.739. The molecule has 3 heterocycles. The predicted molar refractivity (Wildman–Crippen MR) is 76.6 cm³/mol. The molecule has 0 fully saturated rings. The van der Waals surface area contributed by atoms with Gasteiger partial charge in [0, 0.05) is 37.2 Å². The third-order valence-electron chi connectivity index (χ3n) is 2.99. The third-order valence-corrected chi connectivity index (χ3v) is 2.99. The Kier molecular flexibility index (Phi) is 3.45. The molecule has 0 radical (unpaired) electrons. The summed E-state index contributed by atoms with van der Waals surface area (Å²) in [5.41, 5.74) is 2.13. The minimum Gasteiger partial charge on any atom is -0.380 e. The molecular weight excluding hydrogens is 252 g/mol. The second kappa shape index (κ2) is 5.56. The lowest BCUT2D eigenvalue weighted by molar-refractivity contribution is 0.659. The molecule has 0 aliphatic rings. The normalized spacial score (nSPS) is 10.7. The van der Waals surface area contributed by atoms with Crippen molar-refractivity contribution in [1.82, 2.24) is 24.5 Å². The first-order chi connectivity index (χ1) is 9.85. The molecule has 6 heteroatoms. The van der Waals surface area contributed by atoms with Crippen molar-refractivity contribution in [2.75, 3.05) is 5.32 Å². The number of aromatic nitrogens is 5. The van der Waals surface area contributed by atoms with Gasteiger partial charge >= 0.3 is 0 Å². The summed E-state index contributed by atoms with van der Waals surface area (Å²) >= 11 is 0. The summed E-state index contributed by atoms with van der Waals surface area (Å²) in [6.45, 7) is 3.70. The quantitative estimate of drug-likeness (QED) is 0.769. The molecule has 0 aliphatic carbocycles. The first kappa shape index (κ1) is 12.4. The Bertz CT molecular complexity index is 653. The largest absolute Gasteiger partial charge is 0.380 e. The van der Waals surface area contributed by atoms with Crippen LogP contribution >= 0.6 is 0 Å². The fraction of sp³-hybridized carbons (Fsp3) is 0.214. The summed E-state index contributed by atoms with van der Waals surface area (Å²) in [5.74, 6) is 0.805. The van der Waals surface area contributed by atoms with E-state index in [1.807, 2.05) is 41.5 Å². The average molecular weight is 268 g/mol. The van der Waals surface area contributed by atoms with Crippen LogP contribution in [0.3, 0.4) is 0 Å². The molecule has 0 saturated carbocycles. The highest BCUT2D eigenvalue weighted by Crippen LogP contribution is 2.10. The summed E-state index contributed by atoms with van der Waals surface area (Å²) in [6, 6.07) is 5.80. The van der Waals surface area contributed by atoms with E-state index >= 15 is 0 Å². The van der Waals surface area contributed by atoms with E-state index in [2.05, 4.69) is 27.4 Å². The van der Waals surface area contributed by atoms with Crippen LogP contribution in [0.1, 0.15) is 12.5 Å². The van der Waals surface area contributed by atoms with Crippen molar-refractivity contribution in [3.63, 3.8) is 0 Å². The van der Waals surface area contributed by atoms with Gasteiger partial charge in [0.15, 0.2) is 5.82 Å². The van der Waals surface area contributed by atoms with Crippen molar-refractivity contribution in [2.45, 2.75) is 20.0 Å². The van der Waals surface area contributed by atoms with E-state index in [1.165, 1.54) is 0 Å². The Balaban J connectivity index is 1.63. The highest BCUT2D eigenvalue weighted by atomic mass is 15.3. The smallest absolute Gasteiger partial charge is 0.153 e. The van der Waals surface area contributed by atoms with Crippen molar-refractivity contribution in [3.05, 3.63) is 54.7 Å².